The second-order valence-electron chi connectivity index (χ2n) is 6.05. The minimum atomic E-state index is -0.545. The number of hydrogen-bond acceptors (Lipinski definition) is 4. The van der Waals surface area contributed by atoms with Crippen molar-refractivity contribution in [2.24, 2.45) is 5.73 Å². The molecule has 0 atom stereocenters. The summed E-state index contributed by atoms with van der Waals surface area (Å²) in [5.74, 6) is -0.507. The van der Waals surface area contributed by atoms with E-state index in [4.69, 9.17) is 10.5 Å². The summed E-state index contributed by atoms with van der Waals surface area (Å²) in [6.45, 7) is 8.77. The second kappa shape index (κ2) is 5.84. The number of rotatable bonds is 7. The molecule has 0 unspecified atom stereocenters. The first-order chi connectivity index (χ1) is 8.69. The van der Waals surface area contributed by atoms with Gasteiger partial charge in [0.05, 0.1) is 5.60 Å². The first kappa shape index (κ1) is 15.9. The van der Waals surface area contributed by atoms with Crippen molar-refractivity contribution in [1.29, 1.82) is 0 Å². The summed E-state index contributed by atoms with van der Waals surface area (Å²) in [5, 5.41) is 0. The van der Waals surface area contributed by atoms with Gasteiger partial charge >= 0.3 is 0 Å². The fraction of sp³-hybridized carbons (Fsp3) is 0.714. The zero-order chi connectivity index (χ0) is 14.7. The van der Waals surface area contributed by atoms with Gasteiger partial charge in [-0.05, 0) is 47.1 Å². The number of nitrogens with zero attached hydrogens (tertiary/aromatic N) is 1. The standard InChI is InChI=1S/C14H24N2O3/c1-13(2,16-11(17)5-6-12(16)18)8-10-19-14(3,4)7-9-15/h5-6H,7-10,15H2,1-4H3. The molecule has 0 fully saturated rings. The van der Waals surface area contributed by atoms with E-state index < -0.39 is 5.54 Å². The third kappa shape index (κ3) is 4.14. The Hall–Kier alpha value is -1.20. The molecule has 1 rings (SSSR count). The molecule has 0 aromatic rings. The summed E-state index contributed by atoms with van der Waals surface area (Å²) in [6, 6.07) is 0. The Morgan fingerprint density at radius 2 is 1.63 bits per heavy atom. The molecule has 1 aliphatic rings. The molecule has 1 aliphatic heterocycles. The average Bonchev–Trinajstić information content (AvgIpc) is 2.58. The summed E-state index contributed by atoms with van der Waals surface area (Å²) < 4.78 is 5.79. The van der Waals surface area contributed by atoms with Crippen LogP contribution in [-0.2, 0) is 14.3 Å². The fourth-order valence-corrected chi connectivity index (χ4v) is 2.11. The van der Waals surface area contributed by atoms with E-state index in [0.717, 1.165) is 6.42 Å². The molecule has 0 radical (unpaired) electrons. The van der Waals surface area contributed by atoms with Crippen LogP contribution in [0, 0.1) is 0 Å². The third-order valence-corrected chi connectivity index (χ3v) is 3.37. The van der Waals surface area contributed by atoms with E-state index >= 15 is 0 Å². The van der Waals surface area contributed by atoms with Gasteiger partial charge in [0.1, 0.15) is 0 Å². The lowest BCUT2D eigenvalue weighted by atomic mass is 9.98. The van der Waals surface area contributed by atoms with Crippen molar-refractivity contribution >= 4 is 11.8 Å². The van der Waals surface area contributed by atoms with E-state index in [-0.39, 0.29) is 17.4 Å². The van der Waals surface area contributed by atoms with Crippen LogP contribution >= 0.6 is 0 Å². The first-order valence-corrected chi connectivity index (χ1v) is 6.60. The van der Waals surface area contributed by atoms with Gasteiger partial charge < -0.3 is 10.5 Å². The molecule has 5 heteroatoms. The lowest BCUT2D eigenvalue weighted by Gasteiger charge is -2.35. The van der Waals surface area contributed by atoms with Crippen molar-refractivity contribution in [3.63, 3.8) is 0 Å². The van der Waals surface area contributed by atoms with Crippen molar-refractivity contribution < 1.29 is 14.3 Å². The van der Waals surface area contributed by atoms with Crippen LogP contribution in [0.15, 0.2) is 12.2 Å². The number of nitrogens with two attached hydrogens (primary N) is 1. The normalized spacial score (nSPS) is 16.6. The summed E-state index contributed by atoms with van der Waals surface area (Å²) in [7, 11) is 0. The highest BCUT2D eigenvalue weighted by atomic mass is 16.5. The molecule has 0 saturated heterocycles. The maximum Gasteiger partial charge on any atom is 0.254 e. The Morgan fingerprint density at radius 3 is 2.11 bits per heavy atom. The molecule has 0 bridgehead atoms. The van der Waals surface area contributed by atoms with Crippen LogP contribution in [-0.4, -0.2) is 41.0 Å². The van der Waals surface area contributed by atoms with E-state index in [2.05, 4.69) is 0 Å². The van der Waals surface area contributed by atoms with E-state index in [0.29, 0.717) is 19.6 Å². The molecule has 108 valence electrons. The maximum absolute atomic E-state index is 11.7. The molecule has 0 aromatic heterocycles. The summed E-state index contributed by atoms with van der Waals surface area (Å²) in [5.41, 5.74) is 4.70. The van der Waals surface area contributed by atoms with Gasteiger partial charge in [-0.3, -0.25) is 14.5 Å². The first-order valence-electron chi connectivity index (χ1n) is 6.60. The highest BCUT2D eigenvalue weighted by molar-refractivity contribution is 6.13. The molecular formula is C14H24N2O3. The van der Waals surface area contributed by atoms with Crippen LogP contribution in [0.3, 0.4) is 0 Å². The van der Waals surface area contributed by atoms with Gasteiger partial charge in [0.25, 0.3) is 11.8 Å². The van der Waals surface area contributed by atoms with Crippen molar-refractivity contribution in [2.45, 2.75) is 51.7 Å². The highest BCUT2D eigenvalue weighted by Crippen LogP contribution is 2.24. The second-order valence-corrected chi connectivity index (χ2v) is 6.05. The Kier molecular flexibility index (Phi) is 4.87. The largest absolute Gasteiger partial charge is 0.375 e. The molecule has 0 saturated carbocycles. The number of hydrogen-bond donors (Lipinski definition) is 1. The lowest BCUT2D eigenvalue weighted by molar-refractivity contribution is -0.144. The van der Waals surface area contributed by atoms with Crippen molar-refractivity contribution in [3.05, 3.63) is 12.2 Å². The van der Waals surface area contributed by atoms with Gasteiger partial charge in [0, 0.05) is 24.3 Å². The van der Waals surface area contributed by atoms with Gasteiger partial charge in [-0.2, -0.15) is 0 Å². The molecule has 19 heavy (non-hydrogen) atoms. The molecule has 1 heterocycles. The van der Waals surface area contributed by atoms with E-state index in [1.807, 2.05) is 27.7 Å². The van der Waals surface area contributed by atoms with Crippen molar-refractivity contribution in [2.75, 3.05) is 13.2 Å². The zero-order valence-electron chi connectivity index (χ0n) is 12.2. The minimum Gasteiger partial charge on any atom is -0.375 e. The van der Waals surface area contributed by atoms with Crippen LogP contribution < -0.4 is 5.73 Å². The SMILES string of the molecule is CC(C)(CCN)OCCC(C)(C)N1C(=O)C=CC1=O. The van der Waals surface area contributed by atoms with Gasteiger partial charge in [-0.1, -0.05) is 0 Å². The van der Waals surface area contributed by atoms with Crippen LogP contribution in [0.1, 0.15) is 40.5 Å². The predicted molar refractivity (Wildman–Crippen MR) is 73.4 cm³/mol. The van der Waals surface area contributed by atoms with Crippen LogP contribution in [0.5, 0.6) is 0 Å². The van der Waals surface area contributed by atoms with Crippen molar-refractivity contribution in [3.8, 4) is 0 Å². The van der Waals surface area contributed by atoms with E-state index in [1.165, 1.54) is 17.1 Å². The minimum absolute atomic E-state index is 0.254. The summed E-state index contributed by atoms with van der Waals surface area (Å²) in [4.78, 5) is 24.6. The van der Waals surface area contributed by atoms with Gasteiger partial charge in [-0.25, -0.2) is 0 Å². The molecule has 0 aromatic carbocycles. The summed E-state index contributed by atoms with van der Waals surface area (Å²) >= 11 is 0. The predicted octanol–water partition coefficient (Wildman–Crippen LogP) is 1.22. The monoisotopic (exact) mass is 268 g/mol. The lowest BCUT2D eigenvalue weighted by Crippen LogP contribution is -2.48. The molecule has 0 spiro atoms. The van der Waals surface area contributed by atoms with E-state index in [9.17, 15) is 9.59 Å². The van der Waals surface area contributed by atoms with Crippen molar-refractivity contribution in [1.82, 2.24) is 4.90 Å². The van der Waals surface area contributed by atoms with Gasteiger partial charge in [0.15, 0.2) is 0 Å². The number of ether oxygens (including phenoxy) is 1. The van der Waals surface area contributed by atoms with Crippen LogP contribution in [0.4, 0.5) is 0 Å². The topological polar surface area (TPSA) is 72.6 Å². The van der Waals surface area contributed by atoms with Gasteiger partial charge in [0.2, 0.25) is 0 Å². The Balaban J connectivity index is 2.52. The Bertz CT molecular complexity index is 368. The molecule has 5 nitrogen and oxygen atoms in total. The number of carbonyl (C=O) groups excluding carboxylic acids is 2. The maximum atomic E-state index is 11.7. The molecule has 2 amide bonds. The fourth-order valence-electron chi connectivity index (χ4n) is 2.11. The van der Waals surface area contributed by atoms with E-state index in [1.54, 1.807) is 0 Å². The highest BCUT2D eigenvalue weighted by Gasteiger charge is 2.37. The average molecular weight is 268 g/mol. The number of amides is 2. The Labute approximate surface area is 114 Å². The Morgan fingerprint density at radius 1 is 1.11 bits per heavy atom. The third-order valence-electron chi connectivity index (χ3n) is 3.37. The quantitative estimate of drug-likeness (QED) is 0.705. The summed E-state index contributed by atoms with van der Waals surface area (Å²) in [6.07, 6.45) is 3.99. The smallest absolute Gasteiger partial charge is 0.254 e. The number of carbonyl (C=O) groups is 2. The number of imide groups is 1. The molecule has 2 N–H and O–H groups in total. The van der Waals surface area contributed by atoms with Crippen LogP contribution in [0.25, 0.3) is 0 Å². The molecular weight excluding hydrogens is 244 g/mol. The zero-order valence-corrected chi connectivity index (χ0v) is 12.2. The molecule has 0 aliphatic carbocycles. The van der Waals surface area contributed by atoms with Gasteiger partial charge in [-0.15, -0.1) is 0 Å². The van der Waals surface area contributed by atoms with Crippen LogP contribution in [0.2, 0.25) is 0 Å².